The summed E-state index contributed by atoms with van der Waals surface area (Å²) >= 11 is 0. The molecule has 0 unspecified atom stereocenters. The molecule has 0 saturated carbocycles. The van der Waals surface area contributed by atoms with E-state index in [-0.39, 0.29) is 11.6 Å². The summed E-state index contributed by atoms with van der Waals surface area (Å²) in [6.07, 6.45) is 6.02. The van der Waals surface area contributed by atoms with Crippen molar-refractivity contribution in [3.8, 4) is 11.5 Å². The number of hydrazine groups is 1. The van der Waals surface area contributed by atoms with Crippen LogP contribution in [0.3, 0.4) is 0 Å². The Hall–Kier alpha value is -2.58. The number of aromatic nitrogens is 3. The number of morpholine rings is 1. The van der Waals surface area contributed by atoms with Crippen molar-refractivity contribution in [1.29, 1.82) is 0 Å². The van der Waals surface area contributed by atoms with Gasteiger partial charge in [0.2, 0.25) is 0 Å². The van der Waals surface area contributed by atoms with Crippen molar-refractivity contribution in [1.82, 2.24) is 25.4 Å². The van der Waals surface area contributed by atoms with Crippen LogP contribution < -0.4 is 10.2 Å². The molecule has 0 atom stereocenters. The van der Waals surface area contributed by atoms with Crippen molar-refractivity contribution in [2.24, 2.45) is 0 Å². The molecule has 8 nitrogen and oxygen atoms in total. The van der Waals surface area contributed by atoms with E-state index in [4.69, 9.17) is 9.47 Å². The molecule has 1 aliphatic heterocycles. The standard InChI is InChI=1S/C14H15N5O3/c20-14(18-19-3-5-21-6-4-19)13-7-11(1-2-17-13)22-12-8-15-10-16-9-12/h1-2,7-10H,3-6H2,(H,18,20). The molecule has 114 valence electrons. The molecule has 22 heavy (non-hydrogen) atoms. The van der Waals surface area contributed by atoms with Crippen molar-refractivity contribution < 1.29 is 14.3 Å². The molecule has 1 saturated heterocycles. The van der Waals surface area contributed by atoms with Crippen LogP contribution in [0.2, 0.25) is 0 Å². The SMILES string of the molecule is O=C(NN1CCOCC1)c1cc(Oc2cncnc2)ccn1. The normalized spacial score (nSPS) is 15.3. The Bertz CT molecular complexity index is 631. The molecule has 2 aromatic heterocycles. The summed E-state index contributed by atoms with van der Waals surface area (Å²) in [5.74, 6) is 0.710. The maximum Gasteiger partial charge on any atom is 0.284 e. The van der Waals surface area contributed by atoms with Gasteiger partial charge in [-0.25, -0.2) is 15.0 Å². The second-order valence-corrected chi connectivity index (χ2v) is 4.59. The minimum absolute atomic E-state index is 0.279. The highest BCUT2D eigenvalue weighted by Crippen LogP contribution is 2.19. The lowest BCUT2D eigenvalue weighted by Gasteiger charge is -2.26. The molecule has 1 amide bonds. The fourth-order valence-corrected chi connectivity index (χ4v) is 1.95. The Balaban J connectivity index is 1.66. The summed E-state index contributed by atoms with van der Waals surface area (Å²) in [5, 5.41) is 1.81. The predicted molar refractivity (Wildman–Crippen MR) is 76.2 cm³/mol. The molecule has 1 N–H and O–H groups in total. The molecule has 8 heteroatoms. The van der Waals surface area contributed by atoms with Crippen LogP contribution in [0.25, 0.3) is 0 Å². The van der Waals surface area contributed by atoms with Gasteiger partial charge in [0.05, 0.1) is 25.6 Å². The number of carbonyl (C=O) groups is 1. The Morgan fingerprint density at radius 2 is 2.00 bits per heavy atom. The van der Waals surface area contributed by atoms with Crippen LogP contribution in [0.1, 0.15) is 10.5 Å². The largest absolute Gasteiger partial charge is 0.454 e. The number of amides is 1. The topological polar surface area (TPSA) is 89.5 Å². The summed E-state index contributed by atoms with van der Waals surface area (Å²) < 4.78 is 10.8. The predicted octanol–water partition coefficient (Wildman–Crippen LogP) is 0.641. The molecule has 3 heterocycles. The Morgan fingerprint density at radius 3 is 2.77 bits per heavy atom. The Kier molecular flexibility index (Phi) is 4.52. The third-order valence-corrected chi connectivity index (χ3v) is 3.01. The van der Waals surface area contributed by atoms with E-state index < -0.39 is 0 Å². The third kappa shape index (κ3) is 3.74. The van der Waals surface area contributed by atoms with E-state index in [2.05, 4.69) is 20.4 Å². The molecular weight excluding hydrogens is 286 g/mol. The molecule has 1 fully saturated rings. The first kappa shape index (κ1) is 14.4. The van der Waals surface area contributed by atoms with Crippen molar-refractivity contribution >= 4 is 5.91 Å². The highest BCUT2D eigenvalue weighted by molar-refractivity contribution is 5.92. The molecule has 3 rings (SSSR count). The molecule has 0 radical (unpaired) electrons. The lowest BCUT2D eigenvalue weighted by molar-refractivity contribution is 0.0124. The van der Waals surface area contributed by atoms with Crippen molar-refractivity contribution in [2.45, 2.75) is 0 Å². The average molecular weight is 301 g/mol. The fourth-order valence-electron chi connectivity index (χ4n) is 1.95. The van der Waals surface area contributed by atoms with E-state index in [1.807, 2.05) is 5.01 Å². The number of hydrogen-bond acceptors (Lipinski definition) is 7. The van der Waals surface area contributed by atoms with Crippen LogP contribution in [-0.2, 0) is 4.74 Å². The summed E-state index contributed by atoms with van der Waals surface area (Å²) in [6.45, 7) is 2.52. The number of carbonyl (C=O) groups excluding carboxylic acids is 1. The van der Waals surface area contributed by atoms with E-state index in [0.29, 0.717) is 37.8 Å². The molecule has 0 bridgehead atoms. The molecule has 2 aromatic rings. The van der Waals surface area contributed by atoms with Crippen molar-refractivity contribution in [3.05, 3.63) is 42.7 Å². The Morgan fingerprint density at radius 1 is 1.23 bits per heavy atom. The zero-order chi connectivity index (χ0) is 15.2. The van der Waals surface area contributed by atoms with E-state index in [0.717, 1.165) is 0 Å². The van der Waals surface area contributed by atoms with Gasteiger partial charge in [-0.15, -0.1) is 0 Å². The van der Waals surface area contributed by atoms with Gasteiger partial charge in [0, 0.05) is 25.4 Å². The van der Waals surface area contributed by atoms with Gasteiger partial charge in [-0.1, -0.05) is 0 Å². The van der Waals surface area contributed by atoms with Gasteiger partial charge in [0.25, 0.3) is 5.91 Å². The summed E-state index contributed by atoms with van der Waals surface area (Å²) in [7, 11) is 0. The van der Waals surface area contributed by atoms with E-state index in [1.165, 1.54) is 12.5 Å². The number of pyridine rings is 1. The maximum atomic E-state index is 12.2. The van der Waals surface area contributed by atoms with Gasteiger partial charge in [-0.05, 0) is 6.07 Å². The maximum absolute atomic E-state index is 12.2. The van der Waals surface area contributed by atoms with Crippen LogP contribution >= 0.6 is 0 Å². The van der Waals surface area contributed by atoms with Crippen LogP contribution in [-0.4, -0.2) is 52.2 Å². The van der Waals surface area contributed by atoms with Gasteiger partial charge in [0.1, 0.15) is 17.8 Å². The minimum atomic E-state index is -0.281. The second-order valence-electron chi connectivity index (χ2n) is 4.59. The van der Waals surface area contributed by atoms with Crippen molar-refractivity contribution in [3.63, 3.8) is 0 Å². The molecule has 0 aliphatic carbocycles. The first-order valence-corrected chi connectivity index (χ1v) is 6.84. The van der Waals surface area contributed by atoms with Gasteiger partial charge in [-0.3, -0.25) is 15.2 Å². The summed E-state index contributed by atoms with van der Waals surface area (Å²) in [4.78, 5) is 24.0. The van der Waals surface area contributed by atoms with Crippen LogP contribution in [0.5, 0.6) is 11.5 Å². The number of nitrogens with one attached hydrogen (secondary N) is 1. The van der Waals surface area contributed by atoms with Crippen LogP contribution in [0, 0.1) is 0 Å². The van der Waals surface area contributed by atoms with Crippen molar-refractivity contribution in [2.75, 3.05) is 26.3 Å². The van der Waals surface area contributed by atoms with Gasteiger partial charge >= 0.3 is 0 Å². The van der Waals surface area contributed by atoms with Crippen LogP contribution in [0.15, 0.2) is 37.1 Å². The first-order chi connectivity index (χ1) is 10.8. The molecule has 0 spiro atoms. The fraction of sp³-hybridized carbons (Fsp3) is 0.286. The zero-order valence-corrected chi connectivity index (χ0v) is 11.8. The highest BCUT2D eigenvalue weighted by atomic mass is 16.5. The molecule has 0 aromatic carbocycles. The van der Waals surface area contributed by atoms with E-state index in [1.54, 1.807) is 24.5 Å². The lowest BCUT2D eigenvalue weighted by Crippen LogP contribution is -2.48. The Labute approximate surface area is 127 Å². The highest BCUT2D eigenvalue weighted by Gasteiger charge is 2.15. The van der Waals surface area contributed by atoms with E-state index >= 15 is 0 Å². The summed E-state index contributed by atoms with van der Waals surface area (Å²) in [6, 6.07) is 3.24. The zero-order valence-electron chi connectivity index (χ0n) is 11.8. The second kappa shape index (κ2) is 6.92. The summed E-state index contributed by atoms with van der Waals surface area (Å²) in [5.41, 5.74) is 3.08. The third-order valence-electron chi connectivity index (χ3n) is 3.01. The quantitative estimate of drug-likeness (QED) is 0.886. The van der Waals surface area contributed by atoms with Crippen LogP contribution in [0.4, 0.5) is 0 Å². The monoisotopic (exact) mass is 301 g/mol. The first-order valence-electron chi connectivity index (χ1n) is 6.84. The number of hydrogen-bond donors (Lipinski definition) is 1. The number of nitrogens with zero attached hydrogens (tertiary/aromatic N) is 4. The lowest BCUT2D eigenvalue weighted by atomic mass is 10.3. The van der Waals surface area contributed by atoms with Gasteiger partial charge in [-0.2, -0.15) is 0 Å². The average Bonchev–Trinajstić information content (AvgIpc) is 2.57. The van der Waals surface area contributed by atoms with Gasteiger partial charge < -0.3 is 9.47 Å². The van der Waals surface area contributed by atoms with E-state index in [9.17, 15) is 4.79 Å². The molecular formula is C14H15N5O3. The smallest absolute Gasteiger partial charge is 0.284 e. The minimum Gasteiger partial charge on any atom is -0.454 e. The number of ether oxygens (including phenoxy) is 2. The number of rotatable bonds is 4. The van der Waals surface area contributed by atoms with Gasteiger partial charge in [0.15, 0.2) is 5.75 Å². The molecule has 1 aliphatic rings.